The van der Waals surface area contributed by atoms with Gasteiger partial charge in [-0.2, -0.15) is 0 Å². The van der Waals surface area contributed by atoms with Crippen LogP contribution in [0.3, 0.4) is 0 Å². The Bertz CT molecular complexity index is 955. The number of piperidine rings is 1. The van der Waals surface area contributed by atoms with Crippen molar-refractivity contribution in [3.8, 4) is 0 Å². The second-order valence-electron chi connectivity index (χ2n) is 7.68. The number of nitrogens with zero attached hydrogens (tertiary/aromatic N) is 2. The molecule has 1 spiro atoms. The van der Waals surface area contributed by atoms with Crippen molar-refractivity contribution in [3.63, 3.8) is 0 Å². The number of carbonyl (C=O) groups excluding carboxylic acids is 2. The highest BCUT2D eigenvalue weighted by molar-refractivity contribution is 6.42. The third-order valence-electron chi connectivity index (χ3n) is 6.01. The monoisotopic (exact) mass is 431 g/mol. The van der Waals surface area contributed by atoms with Gasteiger partial charge in [0.15, 0.2) is 0 Å². The summed E-state index contributed by atoms with van der Waals surface area (Å²) in [5.41, 5.74) is 2.79. The summed E-state index contributed by atoms with van der Waals surface area (Å²) in [6, 6.07) is 13.1. The van der Waals surface area contributed by atoms with Gasteiger partial charge in [0.25, 0.3) is 0 Å². The van der Waals surface area contributed by atoms with Gasteiger partial charge >= 0.3 is 6.03 Å². The van der Waals surface area contributed by atoms with Gasteiger partial charge in [-0.05, 0) is 42.7 Å². The number of anilines is 2. The highest BCUT2D eigenvalue weighted by Gasteiger charge is 2.46. The summed E-state index contributed by atoms with van der Waals surface area (Å²) in [6.45, 7) is 3.86. The molecule has 2 aromatic rings. The van der Waals surface area contributed by atoms with Gasteiger partial charge < -0.3 is 15.1 Å². The Hall–Kier alpha value is -2.24. The summed E-state index contributed by atoms with van der Waals surface area (Å²) < 4.78 is 0. The number of halogens is 2. The molecule has 1 fully saturated rings. The van der Waals surface area contributed by atoms with Crippen molar-refractivity contribution in [2.24, 2.45) is 0 Å². The maximum atomic E-state index is 12.7. The SMILES string of the molecule is CCC(=O)N1CC2(CCN(C(=O)Nc3ccc(Cl)c(Cl)c3)CC2)c2ccccc21. The summed E-state index contributed by atoms with van der Waals surface area (Å²) in [7, 11) is 0. The lowest BCUT2D eigenvalue weighted by Crippen LogP contribution is -2.48. The maximum Gasteiger partial charge on any atom is 0.321 e. The van der Waals surface area contributed by atoms with E-state index in [1.165, 1.54) is 5.56 Å². The fourth-order valence-corrected chi connectivity index (χ4v) is 4.68. The first-order chi connectivity index (χ1) is 13.9. The lowest BCUT2D eigenvalue weighted by atomic mass is 9.74. The number of hydrogen-bond donors (Lipinski definition) is 1. The lowest BCUT2D eigenvalue weighted by molar-refractivity contribution is -0.118. The van der Waals surface area contributed by atoms with Crippen LogP contribution in [0.5, 0.6) is 0 Å². The largest absolute Gasteiger partial charge is 0.324 e. The maximum absolute atomic E-state index is 12.7. The molecule has 0 bridgehead atoms. The third-order valence-corrected chi connectivity index (χ3v) is 6.75. The van der Waals surface area contributed by atoms with Crippen LogP contribution in [0.25, 0.3) is 0 Å². The van der Waals surface area contributed by atoms with Crippen molar-refractivity contribution in [3.05, 3.63) is 58.1 Å². The standard InChI is InChI=1S/C22H23Cl2N3O2/c1-2-20(28)27-14-22(16-5-3-4-6-19(16)27)9-11-26(12-10-22)21(29)25-15-7-8-17(23)18(24)13-15/h3-8,13H,2,9-12,14H2,1H3,(H,25,29). The molecular formula is C22H23Cl2N3O2. The molecule has 5 nitrogen and oxygen atoms in total. The molecule has 2 aliphatic rings. The zero-order valence-corrected chi connectivity index (χ0v) is 17.8. The number of para-hydroxylation sites is 1. The van der Waals surface area contributed by atoms with Crippen LogP contribution in [0.2, 0.25) is 10.0 Å². The average Bonchev–Trinajstić information content (AvgIpc) is 3.05. The van der Waals surface area contributed by atoms with Gasteiger partial charge in [0, 0.05) is 42.8 Å². The molecule has 1 N–H and O–H groups in total. The second-order valence-corrected chi connectivity index (χ2v) is 8.49. The third kappa shape index (κ3) is 3.69. The molecule has 4 rings (SSSR count). The summed E-state index contributed by atoms with van der Waals surface area (Å²) in [5, 5.41) is 3.76. The number of nitrogens with one attached hydrogen (secondary N) is 1. The molecule has 0 aromatic heterocycles. The number of hydrogen-bond acceptors (Lipinski definition) is 2. The van der Waals surface area contributed by atoms with E-state index in [2.05, 4.69) is 11.4 Å². The molecule has 3 amide bonds. The van der Waals surface area contributed by atoms with E-state index >= 15 is 0 Å². The molecule has 1 saturated heterocycles. The van der Waals surface area contributed by atoms with Crippen LogP contribution in [0.4, 0.5) is 16.2 Å². The second kappa shape index (κ2) is 7.88. The van der Waals surface area contributed by atoms with Crippen molar-refractivity contribution in [1.82, 2.24) is 4.90 Å². The van der Waals surface area contributed by atoms with Gasteiger partial charge in [-0.15, -0.1) is 0 Å². The van der Waals surface area contributed by atoms with E-state index in [0.29, 0.717) is 41.8 Å². The smallest absolute Gasteiger partial charge is 0.321 e. The molecule has 0 unspecified atom stereocenters. The summed E-state index contributed by atoms with van der Waals surface area (Å²) >= 11 is 12.0. The first-order valence-electron chi connectivity index (χ1n) is 9.84. The number of benzene rings is 2. The molecule has 0 saturated carbocycles. The van der Waals surface area contributed by atoms with E-state index in [9.17, 15) is 9.59 Å². The number of likely N-dealkylation sites (tertiary alicyclic amines) is 1. The summed E-state index contributed by atoms with van der Waals surface area (Å²) in [5.74, 6) is 0.147. The first kappa shape index (κ1) is 20.0. The predicted octanol–water partition coefficient (Wildman–Crippen LogP) is 5.32. The highest BCUT2D eigenvalue weighted by atomic mass is 35.5. The van der Waals surface area contributed by atoms with Gasteiger partial charge in [0.1, 0.15) is 0 Å². The van der Waals surface area contributed by atoms with Crippen LogP contribution < -0.4 is 10.2 Å². The van der Waals surface area contributed by atoms with Crippen LogP contribution in [0.1, 0.15) is 31.7 Å². The van der Waals surface area contributed by atoms with Crippen molar-refractivity contribution in [1.29, 1.82) is 0 Å². The van der Waals surface area contributed by atoms with E-state index in [1.54, 1.807) is 18.2 Å². The normalized spacial score (nSPS) is 17.3. The van der Waals surface area contributed by atoms with Crippen LogP contribution in [0.15, 0.2) is 42.5 Å². The van der Waals surface area contributed by atoms with Gasteiger partial charge in [0.05, 0.1) is 10.0 Å². The van der Waals surface area contributed by atoms with Crippen molar-refractivity contribution >= 4 is 46.5 Å². The fraction of sp³-hybridized carbons (Fsp3) is 0.364. The highest BCUT2D eigenvalue weighted by Crippen LogP contribution is 2.47. The van der Waals surface area contributed by atoms with Crippen LogP contribution in [-0.4, -0.2) is 36.5 Å². The molecule has 7 heteroatoms. The van der Waals surface area contributed by atoms with Gasteiger partial charge in [0.2, 0.25) is 5.91 Å². The first-order valence-corrected chi connectivity index (χ1v) is 10.6. The lowest BCUT2D eigenvalue weighted by Gasteiger charge is -2.39. The van der Waals surface area contributed by atoms with Gasteiger partial charge in [-0.1, -0.05) is 48.3 Å². The summed E-state index contributed by atoms with van der Waals surface area (Å²) in [4.78, 5) is 28.9. The van der Waals surface area contributed by atoms with E-state index in [0.717, 1.165) is 18.5 Å². The Morgan fingerprint density at radius 1 is 1.07 bits per heavy atom. The van der Waals surface area contributed by atoms with Crippen molar-refractivity contribution in [2.75, 3.05) is 29.9 Å². The minimum Gasteiger partial charge on any atom is -0.324 e. The fourth-order valence-electron chi connectivity index (χ4n) is 4.39. The number of rotatable bonds is 2. The molecule has 2 aliphatic heterocycles. The number of carbonyl (C=O) groups is 2. The van der Waals surface area contributed by atoms with E-state index < -0.39 is 0 Å². The average molecular weight is 432 g/mol. The Morgan fingerprint density at radius 3 is 2.48 bits per heavy atom. The van der Waals surface area contributed by atoms with E-state index in [4.69, 9.17) is 23.2 Å². The molecule has 0 aliphatic carbocycles. The number of fused-ring (bicyclic) bond motifs is 2. The Balaban J connectivity index is 1.47. The minimum absolute atomic E-state index is 0.0816. The minimum atomic E-state index is -0.147. The zero-order valence-electron chi connectivity index (χ0n) is 16.3. The Labute approximate surface area is 180 Å². The molecule has 152 valence electrons. The molecule has 2 heterocycles. The zero-order chi connectivity index (χ0) is 20.6. The van der Waals surface area contributed by atoms with Crippen LogP contribution in [0, 0.1) is 0 Å². The molecule has 0 radical (unpaired) electrons. The van der Waals surface area contributed by atoms with Crippen molar-refractivity contribution in [2.45, 2.75) is 31.6 Å². The quantitative estimate of drug-likeness (QED) is 0.699. The molecule has 0 atom stereocenters. The van der Waals surface area contributed by atoms with E-state index in [-0.39, 0.29) is 17.4 Å². The summed E-state index contributed by atoms with van der Waals surface area (Å²) in [6.07, 6.45) is 2.14. The Kier molecular flexibility index (Phi) is 5.45. The topological polar surface area (TPSA) is 52.7 Å². The molecular weight excluding hydrogens is 409 g/mol. The predicted molar refractivity (Wildman–Crippen MR) is 117 cm³/mol. The van der Waals surface area contributed by atoms with Crippen molar-refractivity contribution < 1.29 is 9.59 Å². The van der Waals surface area contributed by atoms with Crippen LogP contribution in [-0.2, 0) is 10.2 Å². The van der Waals surface area contributed by atoms with Gasteiger partial charge in [-0.3, -0.25) is 4.79 Å². The van der Waals surface area contributed by atoms with Crippen LogP contribution >= 0.6 is 23.2 Å². The van der Waals surface area contributed by atoms with E-state index in [1.807, 2.05) is 34.9 Å². The molecule has 2 aromatic carbocycles. The number of amides is 3. The Morgan fingerprint density at radius 2 is 1.79 bits per heavy atom. The molecule has 29 heavy (non-hydrogen) atoms. The number of urea groups is 1. The van der Waals surface area contributed by atoms with Gasteiger partial charge in [-0.25, -0.2) is 4.79 Å².